The lowest BCUT2D eigenvalue weighted by molar-refractivity contribution is -0.574. The number of nitrogen functional groups attached to an aromatic ring is 2. The molecule has 1 aromatic rings. The van der Waals surface area contributed by atoms with Crippen molar-refractivity contribution in [1.82, 2.24) is 4.98 Å². The summed E-state index contributed by atoms with van der Waals surface area (Å²) in [6, 6.07) is 0. The normalized spacial score (nSPS) is 9.33. The third kappa shape index (κ3) is 0.835. The minimum atomic E-state index is 0.00926. The Labute approximate surface area is 51.5 Å². The van der Waals surface area contributed by atoms with Crippen LogP contribution >= 0.6 is 0 Å². The van der Waals surface area contributed by atoms with Gasteiger partial charge in [0.25, 0.3) is 0 Å². The molecule has 5 heteroatoms. The lowest BCUT2D eigenvalue weighted by Gasteiger charge is -2.06. The Balaban J connectivity index is 3.25. The summed E-state index contributed by atoms with van der Waals surface area (Å²) < 4.78 is 0.410. The number of nitrogens with zero attached hydrogens (tertiary/aromatic N) is 2. The Morgan fingerprint density at radius 1 is 1.33 bits per heavy atom. The van der Waals surface area contributed by atoms with Crippen LogP contribution in [0.1, 0.15) is 0 Å². The van der Waals surface area contributed by atoms with Crippen molar-refractivity contribution in [2.24, 2.45) is 0 Å². The molecule has 0 atom stereocenters. The second kappa shape index (κ2) is 1.77. The topological polar surface area (TPSA) is 91.9 Å². The Morgan fingerprint density at radius 3 is 2.11 bits per heavy atom. The molecule has 0 amide bonds. The number of hydrogen-bond acceptors (Lipinski definition) is 4. The largest absolute Gasteiger partial charge is 0.740 e. The van der Waals surface area contributed by atoms with Crippen LogP contribution in [0, 0.1) is 5.21 Å². The molecule has 0 bridgehead atoms. The van der Waals surface area contributed by atoms with Crippen molar-refractivity contribution < 1.29 is 4.73 Å². The van der Waals surface area contributed by atoms with E-state index in [1.54, 1.807) is 0 Å². The highest BCUT2D eigenvalue weighted by Gasteiger charge is 1.95. The third-order valence-electron chi connectivity index (χ3n) is 0.883. The van der Waals surface area contributed by atoms with Crippen LogP contribution in [0.25, 0.3) is 0 Å². The molecule has 0 saturated heterocycles. The van der Waals surface area contributed by atoms with E-state index in [1.165, 1.54) is 12.4 Å². The average Bonchev–Trinajstić information content (AvgIpc) is 1.83. The molecule has 0 saturated carbocycles. The smallest absolute Gasteiger partial charge is 0.238 e. The van der Waals surface area contributed by atoms with Crippen molar-refractivity contribution in [2.75, 3.05) is 11.5 Å². The van der Waals surface area contributed by atoms with Crippen LogP contribution in [0.15, 0.2) is 12.4 Å². The zero-order chi connectivity index (χ0) is 6.85. The summed E-state index contributed by atoms with van der Waals surface area (Å²) in [5.74, 6) is 0.0185. The van der Waals surface area contributed by atoms with Gasteiger partial charge in [0.2, 0.25) is 11.6 Å². The Kier molecular flexibility index (Phi) is 1.11. The summed E-state index contributed by atoms with van der Waals surface area (Å²) in [4.78, 5) is 3.57. The molecule has 4 N–H and O–H groups in total. The van der Waals surface area contributed by atoms with Gasteiger partial charge in [-0.25, -0.2) is 4.73 Å². The van der Waals surface area contributed by atoms with Gasteiger partial charge in [0.1, 0.15) is 0 Å². The van der Waals surface area contributed by atoms with Crippen molar-refractivity contribution in [2.45, 2.75) is 0 Å². The van der Waals surface area contributed by atoms with Crippen LogP contribution in [-0.4, -0.2) is 4.98 Å². The third-order valence-corrected chi connectivity index (χ3v) is 0.883. The van der Waals surface area contributed by atoms with E-state index in [1.807, 2.05) is 0 Å². The van der Waals surface area contributed by atoms with E-state index in [2.05, 4.69) is 4.98 Å². The molecule has 0 spiro atoms. The van der Waals surface area contributed by atoms with Gasteiger partial charge < -0.3 is 16.7 Å². The van der Waals surface area contributed by atoms with E-state index in [4.69, 9.17) is 11.5 Å². The lowest BCUT2D eigenvalue weighted by Crippen LogP contribution is -2.34. The van der Waals surface area contributed by atoms with Gasteiger partial charge >= 0.3 is 0 Å². The first-order valence-electron chi connectivity index (χ1n) is 2.30. The zero-order valence-electron chi connectivity index (χ0n) is 4.61. The number of aromatic nitrogens is 2. The average molecular weight is 126 g/mol. The van der Waals surface area contributed by atoms with Gasteiger partial charge in [-0.2, -0.15) is 0 Å². The van der Waals surface area contributed by atoms with Crippen LogP contribution in [-0.2, 0) is 0 Å². The first kappa shape index (κ1) is 5.61. The van der Waals surface area contributed by atoms with Gasteiger partial charge in [-0.3, -0.25) is 4.98 Å². The molecule has 9 heavy (non-hydrogen) atoms. The van der Waals surface area contributed by atoms with Crippen molar-refractivity contribution in [3.05, 3.63) is 17.6 Å². The minimum Gasteiger partial charge on any atom is -0.740 e. The number of nitrogens with two attached hydrogens (primary N) is 2. The maximum absolute atomic E-state index is 10.6. The lowest BCUT2D eigenvalue weighted by atomic mass is 10.6. The van der Waals surface area contributed by atoms with E-state index in [9.17, 15) is 5.21 Å². The van der Waals surface area contributed by atoms with Crippen LogP contribution in [0.3, 0.4) is 0 Å². The predicted molar refractivity (Wildman–Crippen MR) is 32.0 cm³/mol. The molecule has 0 aromatic carbocycles. The van der Waals surface area contributed by atoms with Gasteiger partial charge in [-0.05, 0) is 0 Å². The summed E-state index contributed by atoms with van der Waals surface area (Å²) >= 11 is 0. The highest BCUT2D eigenvalue weighted by Crippen LogP contribution is 1.92. The van der Waals surface area contributed by atoms with Gasteiger partial charge in [-0.15, -0.1) is 0 Å². The molecule has 48 valence electrons. The van der Waals surface area contributed by atoms with E-state index < -0.39 is 0 Å². The van der Waals surface area contributed by atoms with Crippen molar-refractivity contribution in [3.63, 3.8) is 0 Å². The summed E-state index contributed by atoms with van der Waals surface area (Å²) in [5.41, 5.74) is 10.3. The Hall–Kier alpha value is -1.52. The van der Waals surface area contributed by atoms with Crippen molar-refractivity contribution in [1.29, 1.82) is 0 Å². The first-order valence-corrected chi connectivity index (χ1v) is 2.30. The second-order valence-corrected chi connectivity index (χ2v) is 1.55. The molecule has 1 aromatic heterocycles. The van der Waals surface area contributed by atoms with Gasteiger partial charge in [0, 0.05) is 0 Å². The molecule has 0 unspecified atom stereocenters. The molecule has 5 nitrogen and oxygen atoms in total. The number of anilines is 2. The van der Waals surface area contributed by atoms with Crippen LogP contribution < -0.4 is 16.2 Å². The maximum atomic E-state index is 10.6. The molecular formula is C4H6N4O. The molecule has 0 aliphatic rings. The zero-order valence-corrected chi connectivity index (χ0v) is 4.61. The SMILES string of the molecule is Nc1cncc(N)[n+]1[O-]. The van der Waals surface area contributed by atoms with E-state index in [0.29, 0.717) is 4.73 Å². The fourth-order valence-electron chi connectivity index (χ4n) is 0.444. The quantitative estimate of drug-likeness (QED) is 0.340. The highest BCUT2D eigenvalue weighted by molar-refractivity contribution is 5.23. The standard InChI is InChI=1S/C4H6N4O/c5-3-1-7-2-4(6)8(3)9/h1-2H,5-6H2. The number of rotatable bonds is 0. The van der Waals surface area contributed by atoms with Crippen LogP contribution in [0.4, 0.5) is 11.6 Å². The fourth-order valence-corrected chi connectivity index (χ4v) is 0.444. The maximum Gasteiger partial charge on any atom is 0.238 e. The minimum absolute atomic E-state index is 0.00926. The predicted octanol–water partition coefficient (Wildman–Crippen LogP) is -1.12. The molecule has 0 fully saturated rings. The molecule has 0 radical (unpaired) electrons. The Bertz CT molecular complexity index is 204. The summed E-state index contributed by atoms with van der Waals surface area (Å²) in [6.45, 7) is 0. The summed E-state index contributed by atoms with van der Waals surface area (Å²) in [7, 11) is 0. The molecule has 0 aliphatic carbocycles. The summed E-state index contributed by atoms with van der Waals surface area (Å²) in [6.07, 6.45) is 2.48. The van der Waals surface area contributed by atoms with E-state index in [-0.39, 0.29) is 11.6 Å². The van der Waals surface area contributed by atoms with Gasteiger partial charge in [0.15, 0.2) is 0 Å². The van der Waals surface area contributed by atoms with Crippen LogP contribution in [0.2, 0.25) is 0 Å². The van der Waals surface area contributed by atoms with Crippen LogP contribution in [0.5, 0.6) is 0 Å². The van der Waals surface area contributed by atoms with Crippen molar-refractivity contribution in [3.8, 4) is 0 Å². The molecule has 0 aliphatic heterocycles. The fraction of sp³-hybridized carbons (Fsp3) is 0. The molecule has 1 heterocycles. The molecular weight excluding hydrogens is 120 g/mol. The second-order valence-electron chi connectivity index (χ2n) is 1.55. The van der Waals surface area contributed by atoms with E-state index in [0.717, 1.165) is 0 Å². The first-order chi connectivity index (χ1) is 4.22. The molecule has 1 rings (SSSR count). The van der Waals surface area contributed by atoms with Gasteiger partial charge in [0.05, 0.1) is 12.4 Å². The number of hydrogen-bond donors (Lipinski definition) is 2. The van der Waals surface area contributed by atoms with E-state index >= 15 is 0 Å². The van der Waals surface area contributed by atoms with Crippen molar-refractivity contribution >= 4 is 11.6 Å². The Morgan fingerprint density at radius 2 is 1.78 bits per heavy atom. The monoisotopic (exact) mass is 126 g/mol. The van der Waals surface area contributed by atoms with Gasteiger partial charge in [-0.1, -0.05) is 0 Å². The summed E-state index contributed by atoms with van der Waals surface area (Å²) in [5, 5.41) is 10.6. The highest BCUT2D eigenvalue weighted by atomic mass is 16.5.